The maximum atomic E-state index is 10.9. The van der Waals surface area contributed by atoms with Gasteiger partial charge in [0, 0.05) is 0 Å². The summed E-state index contributed by atoms with van der Waals surface area (Å²) in [6.45, 7) is 0. The van der Waals surface area contributed by atoms with Gasteiger partial charge in [-0.15, -0.1) is 0 Å². The summed E-state index contributed by atoms with van der Waals surface area (Å²) in [5, 5.41) is 0.129. The van der Waals surface area contributed by atoms with E-state index in [1.165, 1.54) is 18.2 Å². The van der Waals surface area contributed by atoms with E-state index in [-0.39, 0.29) is 16.1 Å². The van der Waals surface area contributed by atoms with Crippen LogP contribution in [-0.4, -0.2) is 11.8 Å². The Morgan fingerprint density at radius 2 is 1.77 bits per heavy atom. The normalized spacial score (nSPS) is 9.62. The predicted molar refractivity (Wildman–Crippen MR) is 48.5 cm³/mol. The van der Waals surface area contributed by atoms with Gasteiger partial charge in [-0.25, -0.2) is 0 Å². The van der Waals surface area contributed by atoms with Gasteiger partial charge in [0.2, 0.25) is 5.91 Å². The smallest absolute Gasteiger partial charge is 0.251 e. The highest BCUT2D eigenvalue weighted by Crippen LogP contribution is 2.18. The lowest BCUT2D eigenvalue weighted by molar-refractivity contribution is 0.0967. The molecule has 0 aliphatic carbocycles. The number of hydrogen-bond donors (Lipinski definition) is 2. The Balaban J connectivity index is 3.43. The number of benzene rings is 1. The van der Waals surface area contributed by atoms with Crippen LogP contribution in [0.3, 0.4) is 0 Å². The summed E-state index contributed by atoms with van der Waals surface area (Å²) in [5.74, 6) is -1.49. The highest BCUT2D eigenvalue weighted by Gasteiger charge is 2.15. The molecule has 4 nitrogen and oxygen atoms in total. The molecule has 0 radical (unpaired) electrons. The van der Waals surface area contributed by atoms with Crippen molar-refractivity contribution in [2.45, 2.75) is 0 Å². The van der Waals surface area contributed by atoms with Crippen molar-refractivity contribution in [2.24, 2.45) is 11.5 Å². The first-order valence-corrected chi connectivity index (χ1v) is 3.80. The molecule has 1 aromatic carbocycles. The first kappa shape index (κ1) is 9.54. The molecule has 1 aromatic rings. The van der Waals surface area contributed by atoms with E-state index >= 15 is 0 Å². The van der Waals surface area contributed by atoms with Crippen molar-refractivity contribution in [1.82, 2.24) is 0 Å². The molecule has 0 aliphatic heterocycles. The summed E-state index contributed by atoms with van der Waals surface area (Å²) in [7, 11) is 0. The number of hydrogen-bond acceptors (Lipinski definition) is 2. The lowest BCUT2D eigenvalue weighted by Gasteiger charge is -2.03. The number of halogens is 1. The van der Waals surface area contributed by atoms with Crippen LogP contribution in [0.1, 0.15) is 20.7 Å². The van der Waals surface area contributed by atoms with Crippen molar-refractivity contribution < 1.29 is 9.59 Å². The van der Waals surface area contributed by atoms with Crippen molar-refractivity contribution in [3.63, 3.8) is 0 Å². The minimum Gasteiger partial charge on any atom is -0.366 e. The van der Waals surface area contributed by atoms with E-state index in [9.17, 15) is 9.59 Å². The number of amides is 2. The molecule has 0 atom stereocenters. The Hall–Kier alpha value is -1.55. The zero-order valence-electron chi connectivity index (χ0n) is 6.58. The molecule has 0 bridgehead atoms. The maximum absolute atomic E-state index is 10.9. The summed E-state index contributed by atoms with van der Waals surface area (Å²) in [4.78, 5) is 21.7. The van der Waals surface area contributed by atoms with Gasteiger partial charge in [0.15, 0.2) is 0 Å². The number of carbonyl (C=O) groups excluding carboxylic acids is 2. The summed E-state index contributed by atoms with van der Waals surface area (Å²) < 4.78 is 0. The second-order valence-electron chi connectivity index (χ2n) is 2.39. The summed E-state index contributed by atoms with van der Waals surface area (Å²) in [6, 6.07) is 4.39. The van der Waals surface area contributed by atoms with Gasteiger partial charge in [-0.3, -0.25) is 9.59 Å². The van der Waals surface area contributed by atoms with Crippen LogP contribution >= 0.6 is 11.6 Å². The minimum atomic E-state index is -0.764. The van der Waals surface area contributed by atoms with Crippen molar-refractivity contribution in [3.05, 3.63) is 34.3 Å². The highest BCUT2D eigenvalue weighted by atomic mass is 35.5. The zero-order valence-corrected chi connectivity index (χ0v) is 7.34. The third-order valence-corrected chi connectivity index (χ3v) is 1.84. The van der Waals surface area contributed by atoms with Crippen LogP contribution in [0.5, 0.6) is 0 Å². The molecule has 13 heavy (non-hydrogen) atoms. The molecule has 1 rings (SSSR count). The second-order valence-corrected chi connectivity index (χ2v) is 2.80. The topological polar surface area (TPSA) is 86.2 Å². The monoisotopic (exact) mass is 198 g/mol. The molecule has 0 aromatic heterocycles. The standard InChI is InChI=1S/C8H7ClN2O2/c9-5-3-1-2-4(7(10)12)6(5)8(11)13/h1-3H,(H2,10,12)(H2,11,13). The fourth-order valence-electron chi connectivity index (χ4n) is 0.980. The first-order chi connectivity index (χ1) is 6.04. The van der Waals surface area contributed by atoms with Crippen LogP contribution in [0.4, 0.5) is 0 Å². The van der Waals surface area contributed by atoms with Gasteiger partial charge in [0.25, 0.3) is 5.91 Å². The predicted octanol–water partition coefficient (Wildman–Crippen LogP) is 0.538. The van der Waals surface area contributed by atoms with Crippen LogP contribution < -0.4 is 11.5 Å². The van der Waals surface area contributed by atoms with Gasteiger partial charge >= 0.3 is 0 Å². The third-order valence-electron chi connectivity index (χ3n) is 1.53. The Labute approximate surface area is 79.5 Å². The van der Waals surface area contributed by atoms with E-state index in [1.54, 1.807) is 0 Å². The van der Waals surface area contributed by atoms with E-state index in [1.807, 2.05) is 0 Å². The molecule has 0 saturated carbocycles. The van der Waals surface area contributed by atoms with E-state index in [4.69, 9.17) is 23.1 Å². The molecule has 0 spiro atoms. The van der Waals surface area contributed by atoms with Gasteiger partial charge in [-0.05, 0) is 12.1 Å². The highest BCUT2D eigenvalue weighted by molar-refractivity contribution is 6.34. The van der Waals surface area contributed by atoms with Crippen LogP contribution in [0.25, 0.3) is 0 Å². The number of primary amides is 2. The van der Waals surface area contributed by atoms with Crippen LogP contribution in [0.15, 0.2) is 18.2 Å². The van der Waals surface area contributed by atoms with Gasteiger partial charge in [-0.2, -0.15) is 0 Å². The van der Waals surface area contributed by atoms with E-state index in [0.29, 0.717) is 0 Å². The van der Waals surface area contributed by atoms with Gasteiger partial charge < -0.3 is 11.5 Å². The fraction of sp³-hybridized carbons (Fsp3) is 0. The van der Waals surface area contributed by atoms with Crippen LogP contribution in [0, 0.1) is 0 Å². The van der Waals surface area contributed by atoms with Crippen molar-refractivity contribution in [1.29, 1.82) is 0 Å². The van der Waals surface area contributed by atoms with Crippen LogP contribution in [-0.2, 0) is 0 Å². The van der Waals surface area contributed by atoms with Gasteiger partial charge in [0.05, 0.1) is 16.1 Å². The fourth-order valence-corrected chi connectivity index (χ4v) is 1.25. The Kier molecular flexibility index (Phi) is 2.53. The van der Waals surface area contributed by atoms with Gasteiger partial charge in [0.1, 0.15) is 0 Å². The Bertz CT molecular complexity index is 376. The molecule has 0 fully saturated rings. The Morgan fingerprint density at radius 1 is 1.15 bits per heavy atom. The van der Waals surface area contributed by atoms with Crippen LogP contribution in [0.2, 0.25) is 5.02 Å². The SMILES string of the molecule is NC(=O)c1cccc(Cl)c1C(N)=O. The van der Waals surface area contributed by atoms with Crippen molar-refractivity contribution >= 4 is 23.4 Å². The second kappa shape index (κ2) is 3.45. The quantitative estimate of drug-likeness (QED) is 0.727. The summed E-state index contributed by atoms with van der Waals surface area (Å²) in [5.41, 5.74) is 10.0. The zero-order chi connectivity index (χ0) is 10.0. The number of carbonyl (C=O) groups is 2. The maximum Gasteiger partial charge on any atom is 0.251 e. The molecule has 2 amide bonds. The average Bonchev–Trinajstić information content (AvgIpc) is 2.02. The molecule has 0 saturated heterocycles. The summed E-state index contributed by atoms with van der Waals surface area (Å²) in [6.07, 6.45) is 0. The van der Waals surface area contributed by atoms with E-state index in [0.717, 1.165) is 0 Å². The molecular weight excluding hydrogens is 192 g/mol. The molecule has 0 unspecified atom stereocenters. The van der Waals surface area contributed by atoms with Crippen molar-refractivity contribution in [2.75, 3.05) is 0 Å². The molecule has 5 heteroatoms. The van der Waals surface area contributed by atoms with E-state index < -0.39 is 11.8 Å². The van der Waals surface area contributed by atoms with E-state index in [2.05, 4.69) is 0 Å². The third kappa shape index (κ3) is 1.78. The molecular formula is C8H7ClN2O2. The molecule has 0 aliphatic rings. The van der Waals surface area contributed by atoms with Gasteiger partial charge in [-0.1, -0.05) is 17.7 Å². The lowest BCUT2D eigenvalue weighted by Crippen LogP contribution is -2.20. The lowest BCUT2D eigenvalue weighted by atomic mass is 10.1. The summed E-state index contributed by atoms with van der Waals surface area (Å²) >= 11 is 5.66. The number of rotatable bonds is 2. The largest absolute Gasteiger partial charge is 0.366 e. The Morgan fingerprint density at radius 3 is 2.15 bits per heavy atom. The molecule has 68 valence electrons. The molecule has 0 heterocycles. The minimum absolute atomic E-state index is 0.0309. The average molecular weight is 199 g/mol. The number of nitrogens with two attached hydrogens (primary N) is 2. The van der Waals surface area contributed by atoms with Crippen molar-refractivity contribution in [3.8, 4) is 0 Å². The first-order valence-electron chi connectivity index (χ1n) is 3.42. The molecule has 4 N–H and O–H groups in total.